The van der Waals surface area contributed by atoms with Gasteiger partial charge in [0.25, 0.3) is 11.2 Å². The van der Waals surface area contributed by atoms with Crippen molar-refractivity contribution in [1.82, 2.24) is 9.36 Å². The lowest BCUT2D eigenvalue weighted by molar-refractivity contribution is -0.384. The van der Waals surface area contributed by atoms with Crippen molar-refractivity contribution in [2.45, 2.75) is 6.92 Å². The van der Waals surface area contributed by atoms with Crippen LogP contribution in [0.15, 0.2) is 29.1 Å². The summed E-state index contributed by atoms with van der Waals surface area (Å²) in [7, 11) is 1.70. The Bertz CT molecular complexity index is 667. The maximum Gasteiger partial charge on any atom is 0.294 e. The number of nitrogen functional groups attached to an aromatic ring is 1. The average molecular weight is 248 g/mol. The van der Waals surface area contributed by atoms with E-state index in [2.05, 4.69) is 0 Å². The summed E-state index contributed by atoms with van der Waals surface area (Å²) in [6.45, 7) is 1.73. The molecule has 1 aromatic carbocycles. The number of non-ortho nitro benzene ring substituents is 1. The van der Waals surface area contributed by atoms with E-state index in [-0.39, 0.29) is 16.9 Å². The first-order valence-electron chi connectivity index (χ1n) is 5.22. The predicted molar refractivity (Wildman–Crippen MR) is 66.8 cm³/mol. The van der Waals surface area contributed by atoms with Gasteiger partial charge < -0.3 is 5.73 Å². The minimum atomic E-state index is -0.489. The first-order valence-corrected chi connectivity index (χ1v) is 5.22. The third kappa shape index (κ3) is 1.65. The highest BCUT2D eigenvalue weighted by Gasteiger charge is 2.14. The molecule has 0 aliphatic carbocycles. The molecular formula is C11H12N4O3. The standard InChI is InChI=1S/C11H12N4O3/c1-7-10(12)11(16)14(13(7)2)8-3-5-9(6-4-8)15(17)18/h3-6H,12H2,1-2H3. The summed E-state index contributed by atoms with van der Waals surface area (Å²) in [4.78, 5) is 22.0. The zero-order valence-electron chi connectivity index (χ0n) is 9.95. The van der Waals surface area contributed by atoms with Gasteiger partial charge in [0.05, 0.1) is 16.3 Å². The Morgan fingerprint density at radius 1 is 1.28 bits per heavy atom. The van der Waals surface area contributed by atoms with E-state index in [4.69, 9.17) is 5.73 Å². The fourth-order valence-corrected chi connectivity index (χ4v) is 1.74. The van der Waals surface area contributed by atoms with Gasteiger partial charge in [0.1, 0.15) is 5.69 Å². The minimum Gasteiger partial charge on any atom is -0.393 e. The number of nitrogens with two attached hydrogens (primary N) is 1. The van der Waals surface area contributed by atoms with E-state index in [9.17, 15) is 14.9 Å². The van der Waals surface area contributed by atoms with Gasteiger partial charge in [0.2, 0.25) is 0 Å². The van der Waals surface area contributed by atoms with Crippen LogP contribution in [-0.2, 0) is 7.05 Å². The quantitative estimate of drug-likeness (QED) is 0.632. The number of anilines is 1. The van der Waals surface area contributed by atoms with Gasteiger partial charge in [-0.2, -0.15) is 0 Å². The first kappa shape index (κ1) is 11.9. The fraction of sp³-hybridized carbons (Fsp3) is 0.182. The number of rotatable bonds is 2. The lowest BCUT2D eigenvalue weighted by atomic mass is 10.3. The number of nitro benzene ring substituents is 1. The number of hydrogen-bond acceptors (Lipinski definition) is 4. The van der Waals surface area contributed by atoms with Crippen LogP contribution in [0.25, 0.3) is 5.69 Å². The predicted octanol–water partition coefficient (Wildman–Crippen LogP) is 0.975. The van der Waals surface area contributed by atoms with Crippen molar-refractivity contribution in [3.8, 4) is 5.69 Å². The molecule has 0 bridgehead atoms. The van der Waals surface area contributed by atoms with Gasteiger partial charge in [-0.15, -0.1) is 0 Å². The summed E-state index contributed by atoms with van der Waals surface area (Å²) in [5, 5.41) is 10.6. The van der Waals surface area contributed by atoms with Gasteiger partial charge >= 0.3 is 0 Å². The summed E-state index contributed by atoms with van der Waals surface area (Å²) in [6, 6.07) is 5.72. The van der Waals surface area contributed by atoms with Gasteiger partial charge in [-0.1, -0.05) is 0 Å². The largest absolute Gasteiger partial charge is 0.393 e. The molecule has 1 aromatic heterocycles. The van der Waals surface area contributed by atoms with Gasteiger partial charge in [-0.25, -0.2) is 4.68 Å². The highest BCUT2D eigenvalue weighted by atomic mass is 16.6. The zero-order chi connectivity index (χ0) is 13.4. The van der Waals surface area contributed by atoms with Crippen molar-refractivity contribution >= 4 is 11.4 Å². The van der Waals surface area contributed by atoms with Gasteiger partial charge in [-0.3, -0.25) is 19.6 Å². The van der Waals surface area contributed by atoms with Crippen molar-refractivity contribution in [1.29, 1.82) is 0 Å². The molecule has 94 valence electrons. The van der Waals surface area contributed by atoms with Crippen molar-refractivity contribution in [2.24, 2.45) is 7.05 Å². The molecule has 0 fully saturated rings. The Hall–Kier alpha value is -2.57. The molecule has 1 heterocycles. The summed E-state index contributed by atoms with van der Waals surface area (Å²) in [5.74, 6) is 0. The lowest BCUT2D eigenvalue weighted by Gasteiger charge is -2.07. The van der Waals surface area contributed by atoms with Crippen molar-refractivity contribution in [3.05, 3.63) is 50.4 Å². The molecule has 7 heteroatoms. The third-order valence-corrected chi connectivity index (χ3v) is 2.90. The number of aromatic nitrogens is 2. The van der Waals surface area contributed by atoms with Crippen LogP contribution in [0.4, 0.5) is 11.4 Å². The Kier molecular flexibility index (Phi) is 2.66. The molecule has 0 atom stereocenters. The van der Waals surface area contributed by atoms with Gasteiger partial charge in [0.15, 0.2) is 0 Å². The SMILES string of the molecule is Cc1c(N)c(=O)n(-c2ccc([N+](=O)[O-])cc2)n1C. The molecule has 2 N–H and O–H groups in total. The van der Waals surface area contributed by atoms with E-state index in [0.717, 1.165) is 0 Å². The van der Waals surface area contributed by atoms with Crippen LogP contribution >= 0.6 is 0 Å². The number of nitro groups is 1. The van der Waals surface area contributed by atoms with E-state index in [1.54, 1.807) is 18.7 Å². The zero-order valence-corrected chi connectivity index (χ0v) is 9.95. The molecule has 0 aliphatic heterocycles. The van der Waals surface area contributed by atoms with Crippen molar-refractivity contribution < 1.29 is 4.92 Å². The molecule has 0 saturated carbocycles. The summed E-state index contributed by atoms with van der Waals surface area (Å²) >= 11 is 0. The van der Waals surface area contributed by atoms with Crippen LogP contribution in [0.1, 0.15) is 5.69 Å². The van der Waals surface area contributed by atoms with Gasteiger partial charge in [0, 0.05) is 19.2 Å². The normalized spacial score (nSPS) is 10.6. The Morgan fingerprint density at radius 3 is 2.22 bits per heavy atom. The molecule has 2 rings (SSSR count). The molecule has 0 amide bonds. The Balaban J connectivity index is 2.60. The summed E-state index contributed by atoms with van der Waals surface area (Å²) in [6.07, 6.45) is 0. The second kappa shape index (κ2) is 4.02. The highest BCUT2D eigenvalue weighted by molar-refractivity contribution is 5.46. The molecule has 18 heavy (non-hydrogen) atoms. The number of hydrogen-bond donors (Lipinski definition) is 1. The second-order valence-electron chi connectivity index (χ2n) is 3.91. The Labute approximate surface area is 102 Å². The van der Waals surface area contributed by atoms with Crippen molar-refractivity contribution in [2.75, 3.05) is 5.73 Å². The van der Waals surface area contributed by atoms with E-state index in [1.165, 1.54) is 28.9 Å². The maximum atomic E-state index is 11.9. The minimum absolute atomic E-state index is 0.0225. The van der Waals surface area contributed by atoms with Crippen LogP contribution in [0.5, 0.6) is 0 Å². The Morgan fingerprint density at radius 2 is 1.83 bits per heavy atom. The van der Waals surface area contributed by atoms with E-state index in [0.29, 0.717) is 11.4 Å². The smallest absolute Gasteiger partial charge is 0.294 e. The monoisotopic (exact) mass is 248 g/mol. The molecule has 0 unspecified atom stereocenters. The first-order chi connectivity index (χ1) is 8.43. The van der Waals surface area contributed by atoms with Crippen LogP contribution < -0.4 is 11.3 Å². The molecule has 0 aliphatic rings. The van der Waals surface area contributed by atoms with Crippen LogP contribution in [-0.4, -0.2) is 14.3 Å². The average Bonchev–Trinajstić information content (AvgIpc) is 2.54. The van der Waals surface area contributed by atoms with E-state index in [1.807, 2.05) is 0 Å². The fourth-order valence-electron chi connectivity index (χ4n) is 1.74. The summed E-state index contributed by atoms with van der Waals surface area (Å²) < 4.78 is 2.98. The second-order valence-corrected chi connectivity index (χ2v) is 3.91. The lowest BCUT2D eigenvalue weighted by Crippen LogP contribution is -2.20. The molecule has 2 aromatic rings. The molecule has 7 nitrogen and oxygen atoms in total. The van der Waals surface area contributed by atoms with Crippen LogP contribution in [0, 0.1) is 17.0 Å². The molecule has 0 spiro atoms. The molecule has 0 saturated heterocycles. The van der Waals surface area contributed by atoms with E-state index >= 15 is 0 Å². The number of benzene rings is 1. The maximum absolute atomic E-state index is 11.9. The van der Waals surface area contributed by atoms with Crippen LogP contribution in [0.3, 0.4) is 0 Å². The number of nitrogens with zero attached hydrogens (tertiary/aromatic N) is 3. The van der Waals surface area contributed by atoms with E-state index < -0.39 is 4.92 Å². The third-order valence-electron chi connectivity index (χ3n) is 2.90. The molecule has 0 radical (unpaired) electrons. The topological polar surface area (TPSA) is 96.1 Å². The van der Waals surface area contributed by atoms with Gasteiger partial charge in [-0.05, 0) is 19.1 Å². The van der Waals surface area contributed by atoms with Crippen molar-refractivity contribution in [3.63, 3.8) is 0 Å². The molecular weight excluding hydrogens is 236 g/mol. The van der Waals surface area contributed by atoms with Crippen LogP contribution in [0.2, 0.25) is 0 Å². The summed E-state index contributed by atoms with van der Waals surface area (Å²) in [5.41, 5.74) is 6.67. The highest BCUT2D eigenvalue weighted by Crippen LogP contribution is 2.16.